The third-order valence-electron chi connectivity index (χ3n) is 8.39. The lowest BCUT2D eigenvalue weighted by molar-refractivity contribution is -0.138. The lowest BCUT2D eigenvalue weighted by Crippen LogP contribution is -2.41. The largest absolute Gasteiger partial charge is 0.496 e. The number of carbonyl (C=O) groups is 2. The highest BCUT2D eigenvalue weighted by atomic mass is 32.1. The smallest absolute Gasteiger partial charge is 0.274 e. The van der Waals surface area contributed by atoms with Crippen LogP contribution in [0.2, 0.25) is 0 Å². The normalized spacial score (nSPS) is 16.7. The Morgan fingerprint density at radius 1 is 1.05 bits per heavy atom. The van der Waals surface area contributed by atoms with E-state index in [1.807, 2.05) is 55.6 Å². The van der Waals surface area contributed by atoms with E-state index in [-0.39, 0.29) is 24.3 Å². The van der Waals surface area contributed by atoms with Crippen LogP contribution in [0.1, 0.15) is 41.7 Å². The maximum absolute atomic E-state index is 14.1. The van der Waals surface area contributed by atoms with E-state index in [4.69, 9.17) is 14.6 Å². The monoisotopic (exact) mass is 569 g/mol. The Balaban J connectivity index is 1.27. The van der Waals surface area contributed by atoms with Crippen molar-refractivity contribution < 1.29 is 19.1 Å². The number of amides is 2. The average Bonchev–Trinajstić information content (AvgIpc) is 3.57. The molecular weight excluding hydrogens is 538 g/mol. The first kappa shape index (κ1) is 25.8. The van der Waals surface area contributed by atoms with Gasteiger partial charge in [-0.05, 0) is 42.8 Å². The Bertz CT molecular complexity index is 1600. The Morgan fingerprint density at radius 3 is 2.63 bits per heavy atom. The van der Waals surface area contributed by atoms with Gasteiger partial charge in [0.1, 0.15) is 18.1 Å². The van der Waals surface area contributed by atoms with Gasteiger partial charge < -0.3 is 19.3 Å². The number of ether oxygens (including phenoxy) is 2. The van der Waals surface area contributed by atoms with Crippen molar-refractivity contribution >= 4 is 23.2 Å². The summed E-state index contributed by atoms with van der Waals surface area (Å²) in [5.41, 5.74) is 5.55. The highest BCUT2D eigenvalue weighted by Crippen LogP contribution is 2.46. The minimum absolute atomic E-state index is 0.124. The van der Waals surface area contributed by atoms with E-state index in [0.717, 1.165) is 59.3 Å². The number of nitrogens with zero attached hydrogens (tertiary/aromatic N) is 5. The summed E-state index contributed by atoms with van der Waals surface area (Å²) in [6.07, 6.45) is 7.41. The van der Waals surface area contributed by atoms with Crippen LogP contribution in [0.5, 0.6) is 11.5 Å². The molecule has 0 bridgehead atoms. The fourth-order valence-electron chi connectivity index (χ4n) is 5.94. The summed E-state index contributed by atoms with van der Waals surface area (Å²) < 4.78 is 13.8. The van der Waals surface area contributed by atoms with E-state index in [0.29, 0.717) is 43.4 Å². The Morgan fingerprint density at radius 2 is 1.90 bits per heavy atom. The van der Waals surface area contributed by atoms with Gasteiger partial charge in [-0.1, -0.05) is 12.5 Å². The van der Waals surface area contributed by atoms with Crippen molar-refractivity contribution in [3.63, 3.8) is 0 Å². The molecule has 3 aromatic heterocycles. The van der Waals surface area contributed by atoms with Crippen LogP contribution in [0.15, 0.2) is 53.5 Å². The minimum Gasteiger partial charge on any atom is -0.496 e. The van der Waals surface area contributed by atoms with Crippen LogP contribution >= 0.6 is 11.3 Å². The van der Waals surface area contributed by atoms with E-state index in [1.54, 1.807) is 30.8 Å². The number of benzene rings is 1. The van der Waals surface area contributed by atoms with Gasteiger partial charge in [0.05, 0.1) is 18.5 Å². The first-order chi connectivity index (χ1) is 20.1. The third kappa shape index (κ3) is 4.56. The molecule has 2 aliphatic heterocycles. The number of carbonyl (C=O) groups excluding carboxylic acids is 2. The lowest BCUT2D eigenvalue weighted by Gasteiger charge is -2.31. The molecule has 1 saturated carbocycles. The molecule has 3 aliphatic rings. The molecule has 0 N–H and O–H groups in total. The average molecular weight is 570 g/mol. The first-order valence-corrected chi connectivity index (χ1v) is 15.0. The van der Waals surface area contributed by atoms with Gasteiger partial charge in [-0.2, -0.15) is 16.4 Å². The SMILES string of the molecule is COc1cc2c(cc1-c1cccnc1)-c1c(c(C(=O)N3CCCN(C(=O)C4CCC4)CC3)nn1-c1ccsc1)CO2. The van der Waals surface area contributed by atoms with Gasteiger partial charge in [-0.25, -0.2) is 4.68 Å². The summed E-state index contributed by atoms with van der Waals surface area (Å²) >= 11 is 1.58. The van der Waals surface area contributed by atoms with Crippen molar-refractivity contribution in [2.75, 3.05) is 33.3 Å². The maximum Gasteiger partial charge on any atom is 0.274 e. The van der Waals surface area contributed by atoms with Crippen molar-refractivity contribution in [2.45, 2.75) is 32.3 Å². The number of hydrogen-bond acceptors (Lipinski definition) is 7. The molecule has 1 saturated heterocycles. The van der Waals surface area contributed by atoms with E-state index >= 15 is 0 Å². The van der Waals surface area contributed by atoms with Crippen LogP contribution in [-0.2, 0) is 11.4 Å². The van der Waals surface area contributed by atoms with Crippen LogP contribution in [0.25, 0.3) is 28.1 Å². The van der Waals surface area contributed by atoms with Gasteiger partial charge in [0.25, 0.3) is 5.91 Å². The predicted octanol–water partition coefficient (Wildman–Crippen LogP) is 5.04. The summed E-state index contributed by atoms with van der Waals surface area (Å²) in [5, 5.41) is 8.95. The quantitative estimate of drug-likeness (QED) is 0.335. The van der Waals surface area contributed by atoms with Crippen molar-refractivity contribution in [1.29, 1.82) is 0 Å². The molecule has 7 rings (SSSR count). The molecular formula is C31H31N5O4S. The number of fused-ring (bicyclic) bond motifs is 3. The molecule has 2 fully saturated rings. The third-order valence-corrected chi connectivity index (χ3v) is 9.06. The van der Waals surface area contributed by atoms with E-state index in [1.165, 1.54) is 0 Å². The van der Waals surface area contributed by atoms with Crippen molar-refractivity contribution in [2.24, 2.45) is 5.92 Å². The van der Waals surface area contributed by atoms with Gasteiger partial charge in [-0.15, -0.1) is 0 Å². The fraction of sp³-hybridized carbons (Fsp3) is 0.355. The van der Waals surface area contributed by atoms with Gasteiger partial charge in [-0.3, -0.25) is 14.6 Å². The molecule has 0 spiro atoms. The van der Waals surface area contributed by atoms with Gasteiger partial charge >= 0.3 is 0 Å². The molecule has 0 radical (unpaired) electrons. The number of aromatic nitrogens is 3. The van der Waals surface area contributed by atoms with Gasteiger partial charge in [0, 0.05) is 78.2 Å². The zero-order valence-corrected chi connectivity index (χ0v) is 23.7. The number of hydrogen-bond donors (Lipinski definition) is 0. The number of pyridine rings is 1. The maximum atomic E-state index is 14.1. The molecule has 9 nitrogen and oxygen atoms in total. The summed E-state index contributed by atoms with van der Waals surface area (Å²) in [6.45, 7) is 2.56. The summed E-state index contributed by atoms with van der Waals surface area (Å²) in [7, 11) is 1.64. The Labute approximate surface area is 242 Å². The molecule has 1 aliphatic carbocycles. The molecule has 210 valence electrons. The topological polar surface area (TPSA) is 89.8 Å². The second-order valence-electron chi connectivity index (χ2n) is 10.7. The highest BCUT2D eigenvalue weighted by Gasteiger charge is 2.35. The summed E-state index contributed by atoms with van der Waals surface area (Å²) in [4.78, 5) is 35.0. The van der Waals surface area contributed by atoms with Crippen molar-refractivity contribution in [3.05, 3.63) is 64.7 Å². The van der Waals surface area contributed by atoms with Crippen LogP contribution in [0, 0.1) is 5.92 Å². The zero-order chi connectivity index (χ0) is 27.9. The number of thiophene rings is 1. The predicted molar refractivity (Wildman–Crippen MR) is 155 cm³/mol. The van der Waals surface area contributed by atoms with Crippen LogP contribution in [0.4, 0.5) is 0 Å². The minimum atomic E-state index is -0.124. The molecule has 5 heterocycles. The second kappa shape index (κ2) is 10.7. The van der Waals surface area contributed by atoms with E-state index < -0.39 is 0 Å². The Hall–Kier alpha value is -4.18. The van der Waals surface area contributed by atoms with Crippen LogP contribution < -0.4 is 9.47 Å². The van der Waals surface area contributed by atoms with Crippen LogP contribution in [0.3, 0.4) is 0 Å². The molecule has 2 amide bonds. The molecule has 1 aromatic carbocycles. The van der Waals surface area contributed by atoms with Crippen molar-refractivity contribution in [3.8, 4) is 39.6 Å². The first-order valence-electron chi connectivity index (χ1n) is 14.1. The van der Waals surface area contributed by atoms with Gasteiger partial charge in [0.2, 0.25) is 5.91 Å². The van der Waals surface area contributed by atoms with E-state index in [9.17, 15) is 9.59 Å². The van der Waals surface area contributed by atoms with Gasteiger partial charge in [0.15, 0.2) is 5.69 Å². The van der Waals surface area contributed by atoms with Crippen molar-refractivity contribution in [1.82, 2.24) is 24.6 Å². The summed E-state index contributed by atoms with van der Waals surface area (Å²) in [5.74, 6) is 1.65. The summed E-state index contributed by atoms with van der Waals surface area (Å²) in [6, 6.07) is 9.83. The molecule has 0 unspecified atom stereocenters. The lowest BCUT2D eigenvalue weighted by atomic mass is 9.84. The fourth-order valence-corrected chi connectivity index (χ4v) is 6.55. The molecule has 0 atom stereocenters. The standard InChI is InChI=1S/C31H31N5O4S/c1-39-26-16-27-24(15-23(26)21-7-3-9-32-17-21)29-25(18-40-27)28(33-36(29)22-8-14-41-19-22)31(38)35-11-4-10-34(12-13-35)30(37)20-5-2-6-20/h3,7-9,14-17,19-20H,2,4-6,10-13,18H2,1H3. The van der Waals surface area contributed by atoms with Crippen LogP contribution in [-0.4, -0.2) is 69.7 Å². The number of methoxy groups -OCH3 is 1. The zero-order valence-electron chi connectivity index (χ0n) is 22.9. The highest BCUT2D eigenvalue weighted by molar-refractivity contribution is 7.08. The molecule has 4 aromatic rings. The Kier molecular flexibility index (Phi) is 6.70. The molecule has 10 heteroatoms. The second-order valence-corrected chi connectivity index (χ2v) is 11.5. The number of rotatable bonds is 5. The van der Waals surface area contributed by atoms with E-state index in [2.05, 4.69) is 4.98 Å². The molecule has 41 heavy (non-hydrogen) atoms.